The normalized spacial score (nSPS) is 23.1. The first-order valence-electron chi connectivity index (χ1n) is 11.9. The van der Waals surface area contributed by atoms with Crippen LogP contribution in [0.4, 0.5) is 17.6 Å². The van der Waals surface area contributed by atoms with Crippen LogP contribution >= 0.6 is 0 Å². The maximum Gasteiger partial charge on any atom is 0.416 e. The van der Waals surface area contributed by atoms with Gasteiger partial charge in [-0.2, -0.15) is 18.3 Å². The predicted octanol–water partition coefficient (Wildman–Crippen LogP) is 4.40. The Hall–Kier alpha value is -3.31. The van der Waals surface area contributed by atoms with Gasteiger partial charge in [0.1, 0.15) is 19.3 Å². The lowest BCUT2D eigenvalue weighted by Gasteiger charge is -2.47. The highest BCUT2D eigenvalue weighted by atomic mass is 19.4. The molecule has 1 fully saturated rings. The third kappa shape index (κ3) is 5.52. The van der Waals surface area contributed by atoms with Crippen LogP contribution in [0.1, 0.15) is 54.5 Å². The summed E-state index contributed by atoms with van der Waals surface area (Å²) in [7, 11) is 0. The highest BCUT2D eigenvalue weighted by Gasteiger charge is 2.45. The molecule has 37 heavy (non-hydrogen) atoms. The van der Waals surface area contributed by atoms with Crippen molar-refractivity contribution in [1.82, 2.24) is 20.1 Å². The van der Waals surface area contributed by atoms with Crippen molar-refractivity contribution < 1.29 is 27.1 Å². The van der Waals surface area contributed by atoms with Gasteiger partial charge in [0.2, 0.25) is 0 Å². The average molecular weight is 521 g/mol. The summed E-state index contributed by atoms with van der Waals surface area (Å²) in [6.07, 6.45) is -2.22. The average Bonchev–Trinajstić information content (AvgIpc) is 3.34. The molecule has 2 N–H and O–H groups in total. The van der Waals surface area contributed by atoms with E-state index in [0.29, 0.717) is 12.8 Å². The number of ether oxygens (including phenoxy) is 1. The molecule has 0 amide bonds. The van der Waals surface area contributed by atoms with E-state index in [-0.39, 0.29) is 30.7 Å². The Labute approximate surface area is 210 Å². The molecule has 4 rings (SSSR count). The number of piperidine rings is 1. The van der Waals surface area contributed by atoms with Gasteiger partial charge in [-0.05, 0) is 48.6 Å². The number of alkyl halides is 4. The van der Waals surface area contributed by atoms with Crippen LogP contribution in [0.3, 0.4) is 0 Å². The van der Waals surface area contributed by atoms with Gasteiger partial charge < -0.3 is 14.8 Å². The van der Waals surface area contributed by atoms with E-state index in [2.05, 4.69) is 15.5 Å². The van der Waals surface area contributed by atoms with Crippen molar-refractivity contribution in [2.24, 2.45) is 0 Å². The van der Waals surface area contributed by atoms with E-state index >= 15 is 0 Å². The number of aldehydes is 1. The number of carbonyl (C=O) groups is 1. The summed E-state index contributed by atoms with van der Waals surface area (Å²) in [6, 6.07) is 12.6. The second kappa shape index (κ2) is 10.6. The summed E-state index contributed by atoms with van der Waals surface area (Å²) in [6.45, 7) is 0.955. The van der Waals surface area contributed by atoms with Crippen LogP contribution in [-0.4, -0.2) is 34.2 Å². The number of aromatic amines is 1. The van der Waals surface area contributed by atoms with Gasteiger partial charge in [-0.25, -0.2) is 14.3 Å². The van der Waals surface area contributed by atoms with Gasteiger partial charge in [0.25, 0.3) is 0 Å². The number of carbonyl (C=O) groups excluding carboxylic acids is 1. The SMILES string of the molecule is C[C@@H](OC[C@@]1(c2ccccc2)CC[C@](CC=O)(n2cn[nH]c2=O)CN1)c1cc(CF)cc(C(F)(F)F)c1. The van der Waals surface area contributed by atoms with Crippen LogP contribution in [0.25, 0.3) is 0 Å². The smallest absolute Gasteiger partial charge is 0.372 e. The van der Waals surface area contributed by atoms with Gasteiger partial charge in [0.05, 0.1) is 29.4 Å². The number of nitrogens with zero attached hydrogens (tertiary/aromatic N) is 2. The van der Waals surface area contributed by atoms with E-state index in [9.17, 15) is 27.2 Å². The Balaban J connectivity index is 1.61. The zero-order valence-corrected chi connectivity index (χ0v) is 20.2. The van der Waals surface area contributed by atoms with E-state index in [4.69, 9.17) is 4.74 Å². The van der Waals surface area contributed by atoms with Crippen LogP contribution in [0, 0.1) is 0 Å². The largest absolute Gasteiger partial charge is 0.416 e. The number of benzene rings is 2. The first kappa shape index (κ1) is 26.7. The molecule has 198 valence electrons. The molecule has 0 bridgehead atoms. The molecule has 0 unspecified atom stereocenters. The third-order valence-corrected chi connectivity index (χ3v) is 7.17. The van der Waals surface area contributed by atoms with Crippen LogP contribution < -0.4 is 11.0 Å². The summed E-state index contributed by atoms with van der Waals surface area (Å²) < 4.78 is 60.9. The van der Waals surface area contributed by atoms with Gasteiger partial charge in [0, 0.05) is 13.0 Å². The van der Waals surface area contributed by atoms with Crippen LogP contribution in [0.5, 0.6) is 0 Å². The number of hydrogen-bond acceptors (Lipinski definition) is 5. The van der Waals surface area contributed by atoms with Crippen molar-refractivity contribution in [1.29, 1.82) is 0 Å². The van der Waals surface area contributed by atoms with Gasteiger partial charge in [-0.3, -0.25) is 4.57 Å². The Morgan fingerprint density at radius 2 is 1.95 bits per heavy atom. The molecular formula is C26H28F4N4O3. The third-order valence-electron chi connectivity index (χ3n) is 7.17. The standard InChI is InChI=1S/C26H28F4N4O3/c1-18(20-11-19(14-27)12-22(13-20)26(28,29)30)37-16-25(21-5-3-2-4-6-21)8-7-24(9-10-35,15-31-25)34-17-32-33-23(34)36/h2-6,10-13,17-18,31H,7-9,14-16H2,1H3,(H,33,36)/t18-,24-,25-/m1/s1. The first-order valence-corrected chi connectivity index (χ1v) is 11.9. The fraction of sp³-hybridized carbons (Fsp3) is 0.423. The molecule has 1 aliphatic heterocycles. The quantitative estimate of drug-likeness (QED) is 0.323. The zero-order valence-electron chi connectivity index (χ0n) is 20.2. The number of halogens is 4. The Bertz CT molecular complexity index is 1260. The first-order chi connectivity index (χ1) is 17.6. The molecule has 2 heterocycles. The summed E-state index contributed by atoms with van der Waals surface area (Å²) in [5.41, 5.74) is -1.86. The summed E-state index contributed by atoms with van der Waals surface area (Å²) in [5.74, 6) is 0. The molecular weight excluding hydrogens is 492 g/mol. The molecule has 3 atom stereocenters. The summed E-state index contributed by atoms with van der Waals surface area (Å²) in [4.78, 5) is 23.9. The topological polar surface area (TPSA) is 89.0 Å². The lowest BCUT2D eigenvalue weighted by Crippen LogP contribution is -2.60. The van der Waals surface area contributed by atoms with E-state index in [0.717, 1.165) is 24.0 Å². The van der Waals surface area contributed by atoms with E-state index < -0.39 is 41.3 Å². The van der Waals surface area contributed by atoms with Gasteiger partial charge in [-0.15, -0.1) is 0 Å². The Morgan fingerprint density at radius 3 is 2.51 bits per heavy atom. The fourth-order valence-corrected chi connectivity index (χ4v) is 4.94. The summed E-state index contributed by atoms with van der Waals surface area (Å²) >= 11 is 0. The molecule has 0 saturated carbocycles. The second-order valence-corrected chi connectivity index (χ2v) is 9.48. The number of hydrogen-bond donors (Lipinski definition) is 2. The Kier molecular flexibility index (Phi) is 7.65. The minimum absolute atomic E-state index is 0.0713. The predicted molar refractivity (Wildman–Crippen MR) is 127 cm³/mol. The fourth-order valence-electron chi connectivity index (χ4n) is 4.94. The highest BCUT2D eigenvalue weighted by Crippen LogP contribution is 2.40. The van der Waals surface area contributed by atoms with Gasteiger partial charge >= 0.3 is 11.9 Å². The minimum Gasteiger partial charge on any atom is -0.372 e. The number of nitrogens with one attached hydrogen (secondary N) is 2. The maximum absolute atomic E-state index is 13.4. The van der Waals surface area contributed by atoms with Crippen molar-refractivity contribution in [3.63, 3.8) is 0 Å². The maximum atomic E-state index is 13.4. The molecule has 1 aliphatic rings. The Morgan fingerprint density at radius 1 is 1.19 bits per heavy atom. The zero-order chi connectivity index (χ0) is 26.7. The summed E-state index contributed by atoms with van der Waals surface area (Å²) in [5, 5.41) is 9.65. The second-order valence-electron chi connectivity index (χ2n) is 9.48. The molecule has 2 aromatic carbocycles. The minimum atomic E-state index is -4.61. The van der Waals surface area contributed by atoms with Crippen LogP contribution in [0.15, 0.2) is 59.7 Å². The number of aromatic nitrogens is 3. The van der Waals surface area contributed by atoms with Crippen molar-refractivity contribution in [3.8, 4) is 0 Å². The van der Waals surface area contributed by atoms with E-state index in [1.165, 1.54) is 17.0 Å². The lowest BCUT2D eigenvalue weighted by molar-refractivity contribution is -0.137. The van der Waals surface area contributed by atoms with Crippen molar-refractivity contribution >= 4 is 6.29 Å². The van der Waals surface area contributed by atoms with Crippen LogP contribution in [0.2, 0.25) is 0 Å². The molecule has 0 aliphatic carbocycles. The number of H-pyrrole nitrogens is 1. The molecule has 3 aromatic rings. The van der Waals surface area contributed by atoms with Crippen molar-refractivity contribution in [3.05, 3.63) is 87.6 Å². The van der Waals surface area contributed by atoms with Crippen molar-refractivity contribution in [2.45, 2.75) is 56.2 Å². The molecule has 11 heteroatoms. The molecule has 1 aromatic heterocycles. The van der Waals surface area contributed by atoms with Crippen LogP contribution in [-0.2, 0) is 33.5 Å². The van der Waals surface area contributed by atoms with Crippen molar-refractivity contribution in [2.75, 3.05) is 13.2 Å². The van der Waals surface area contributed by atoms with Gasteiger partial charge in [-0.1, -0.05) is 36.4 Å². The molecule has 7 nitrogen and oxygen atoms in total. The molecule has 1 saturated heterocycles. The van der Waals surface area contributed by atoms with Gasteiger partial charge in [0.15, 0.2) is 0 Å². The monoisotopic (exact) mass is 520 g/mol. The lowest BCUT2D eigenvalue weighted by atomic mass is 9.75. The number of rotatable bonds is 9. The highest BCUT2D eigenvalue weighted by molar-refractivity contribution is 5.51. The van der Waals surface area contributed by atoms with E-state index in [1.807, 2.05) is 30.3 Å². The van der Waals surface area contributed by atoms with E-state index in [1.54, 1.807) is 6.92 Å². The molecule has 0 radical (unpaired) electrons. The molecule has 0 spiro atoms.